The van der Waals surface area contributed by atoms with Gasteiger partial charge < -0.3 is 15.5 Å². The molecule has 1 unspecified atom stereocenters. The van der Waals surface area contributed by atoms with Crippen molar-refractivity contribution in [3.8, 4) is 0 Å². The van der Waals surface area contributed by atoms with Gasteiger partial charge in [-0.15, -0.1) is 22.7 Å². The van der Waals surface area contributed by atoms with E-state index in [1.165, 1.54) is 9.88 Å². The molecule has 0 bridgehead atoms. The summed E-state index contributed by atoms with van der Waals surface area (Å²) in [5.74, 6) is 1.53. The molecule has 2 N–H and O–H groups in total. The fourth-order valence-electron chi connectivity index (χ4n) is 3.20. The molecular formula is C19H28N4S2. The lowest BCUT2D eigenvalue weighted by molar-refractivity contribution is 0.459. The van der Waals surface area contributed by atoms with Crippen LogP contribution >= 0.6 is 22.7 Å². The minimum Gasteiger partial charge on any atom is -0.363 e. The minimum atomic E-state index is 0.509. The highest BCUT2D eigenvalue weighted by atomic mass is 32.1. The van der Waals surface area contributed by atoms with Crippen LogP contribution in [0.15, 0.2) is 40.0 Å². The molecule has 0 spiro atoms. The second kappa shape index (κ2) is 9.25. The number of anilines is 1. The van der Waals surface area contributed by atoms with Crippen molar-refractivity contribution in [3.63, 3.8) is 0 Å². The van der Waals surface area contributed by atoms with Crippen LogP contribution in [0.5, 0.6) is 0 Å². The second-order valence-electron chi connectivity index (χ2n) is 6.70. The Balaban J connectivity index is 1.39. The molecule has 4 nitrogen and oxygen atoms in total. The number of aliphatic imine (C=N–C) groups is 1. The van der Waals surface area contributed by atoms with Crippen molar-refractivity contribution in [2.45, 2.75) is 32.2 Å². The Hall–Kier alpha value is -1.53. The molecule has 1 fully saturated rings. The van der Waals surface area contributed by atoms with Gasteiger partial charge in [-0.05, 0) is 54.1 Å². The van der Waals surface area contributed by atoms with Gasteiger partial charge in [0.15, 0.2) is 5.96 Å². The number of nitrogens with zero attached hydrogens (tertiary/aromatic N) is 2. The fourth-order valence-corrected chi connectivity index (χ4v) is 4.85. The zero-order valence-corrected chi connectivity index (χ0v) is 16.7. The summed E-state index contributed by atoms with van der Waals surface area (Å²) in [5.41, 5.74) is 0. The van der Waals surface area contributed by atoms with Crippen LogP contribution in [0.2, 0.25) is 0 Å². The molecule has 0 amide bonds. The lowest BCUT2D eigenvalue weighted by atomic mass is 10.1. The summed E-state index contributed by atoms with van der Waals surface area (Å²) in [6.07, 6.45) is 3.44. The minimum absolute atomic E-state index is 0.509. The van der Waals surface area contributed by atoms with Crippen LogP contribution in [0.4, 0.5) is 5.00 Å². The number of nitrogens with one attached hydrogen (secondary N) is 2. The van der Waals surface area contributed by atoms with E-state index in [9.17, 15) is 0 Å². The summed E-state index contributed by atoms with van der Waals surface area (Å²) in [6, 6.07) is 9.20. The van der Waals surface area contributed by atoms with Crippen molar-refractivity contribution >= 4 is 33.6 Å². The van der Waals surface area contributed by atoms with E-state index in [-0.39, 0.29) is 0 Å². The van der Waals surface area contributed by atoms with Crippen molar-refractivity contribution in [2.75, 3.05) is 31.6 Å². The van der Waals surface area contributed by atoms with Crippen molar-refractivity contribution < 1.29 is 0 Å². The largest absolute Gasteiger partial charge is 0.363 e. The van der Waals surface area contributed by atoms with E-state index in [4.69, 9.17) is 0 Å². The molecule has 0 saturated carbocycles. The van der Waals surface area contributed by atoms with Crippen LogP contribution in [0, 0.1) is 5.92 Å². The Morgan fingerprint density at radius 3 is 2.64 bits per heavy atom. The van der Waals surface area contributed by atoms with Gasteiger partial charge in [-0.25, -0.2) is 0 Å². The summed E-state index contributed by atoms with van der Waals surface area (Å²) in [5, 5.41) is 12.8. The van der Waals surface area contributed by atoms with Gasteiger partial charge in [0.05, 0.1) is 5.00 Å². The third kappa shape index (κ3) is 5.47. The number of hydrogen-bond acceptors (Lipinski definition) is 4. The smallest absolute Gasteiger partial charge is 0.191 e. The Morgan fingerprint density at radius 2 is 2.00 bits per heavy atom. The lowest BCUT2D eigenvalue weighted by Crippen LogP contribution is -2.49. The number of guanidine groups is 1. The van der Waals surface area contributed by atoms with Crippen molar-refractivity contribution in [3.05, 3.63) is 39.9 Å². The van der Waals surface area contributed by atoms with Gasteiger partial charge in [0, 0.05) is 37.6 Å². The average Bonchev–Trinajstić information content (AvgIpc) is 3.33. The van der Waals surface area contributed by atoms with E-state index in [2.05, 4.69) is 62.5 Å². The highest BCUT2D eigenvalue weighted by Gasteiger charge is 2.20. The first-order valence-electron chi connectivity index (χ1n) is 9.02. The first-order chi connectivity index (χ1) is 12.2. The predicted molar refractivity (Wildman–Crippen MR) is 111 cm³/mol. The first kappa shape index (κ1) is 18.3. The molecule has 1 saturated heterocycles. The zero-order valence-electron chi connectivity index (χ0n) is 15.1. The lowest BCUT2D eigenvalue weighted by Gasteiger charge is -2.33. The zero-order chi connectivity index (χ0) is 17.5. The number of thiophene rings is 2. The Bertz CT molecular complexity index is 628. The first-order valence-corrected chi connectivity index (χ1v) is 10.8. The SMILES string of the molecule is CN=C(NCC(C)Cc1cccs1)NC1CCN(c2cccs2)CC1. The van der Waals surface area contributed by atoms with E-state index in [0.717, 1.165) is 44.9 Å². The molecule has 2 aromatic rings. The Kier molecular flexibility index (Phi) is 6.76. The van der Waals surface area contributed by atoms with E-state index in [1.807, 2.05) is 29.7 Å². The molecule has 0 aliphatic carbocycles. The van der Waals surface area contributed by atoms with Crippen LogP contribution < -0.4 is 15.5 Å². The maximum atomic E-state index is 4.41. The van der Waals surface area contributed by atoms with Gasteiger partial charge in [0.25, 0.3) is 0 Å². The molecule has 25 heavy (non-hydrogen) atoms. The topological polar surface area (TPSA) is 39.7 Å². The standard InChI is InChI=1S/C19H28N4S2/c1-15(13-17-5-3-11-24-17)14-21-19(20-2)22-16-7-9-23(10-8-16)18-6-4-12-25-18/h3-6,11-12,15-16H,7-10,13-14H2,1-2H3,(H2,20,21,22). The predicted octanol–water partition coefficient (Wildman–Crippen LogP) is 3.82. The van der Waals surface area contributed by atoms with Crippen LogP contribution in [-0.2, 0) is 6.42 Å². The van der Waals surface area contributed by atoms with E-state index < -0.39 is 0 Å². The highest BCUT2D eigenvalue weighted by Crippen LogP contribution is 2.24. The van der Waals surface area contributed by atoms with Gasteiger partial charge in [-0.2, -0.15) is 0 Å². The van der Waals surface area contributed by atoms with Gasteiger partial charge in [0.1, 0.15) is 0 Å². The van der Waals surface area contributed by atoms with Gasteiger partial charge in [-0.1, -0.05) is 13.0 Å². The Labute approximate surface area is 159 Å². The third-order valence-electron chi connectivity index (χ3n) is 4.62. The van der Waals surface area contributed by atoms with Crippen LogP contribution in [0.3, 0.4) is 0 Å². The molecular weight excluding hydrogens is 348 g/mol. The average molecular weight is 377 g/mol. The monoisotopic (exact) mass is 376 g/mol. The summed E-state index contributed by atoms with van der Waals surface area (Å²) in [6.45, 7) is 5.47. The molecule has 6 heteroatoms. The number of piperidine rings is 1. The Morgan fingerprint density at radius 1 is 1.24 bits per heavy atom. The molecule has 1 aliphatic heterocycles. The van der Waals surface area contributed by atoms with Crippen LogP contribution in [0.25, 0.3) is 0 Å². The molecule has 1 atom stereocenters. The van der Waals surface area contributed by atoms with Gasteiger partial charge >= 0.3 is 0 Å². The molecule has 3 rings (SSSR count). The maximum Gasteiger partial charge on any atom is 0.191 e. The molecule has 1 aliphatic rings. The second-order valence-corrected chi connectivity index (χ2v) is 8.66. The van der Waals surface area contributed by atoms with Gasteiger partial charge in [-0.3, -0.25) is 4.99 Å². The number of rotatable bonds is 6. The third-order valence-corrected chi connectivity index (χ3v) is 6.45. The molecule has 3 heterocycles. The summed E-state index contributed by atoms with van der Waals surface area (Å²) in [7, 11) is 1.86. The van der Waals surface area contributed by atoms with E-state index >= 15 is 0 Å². The normalized spacial score (nSPS) is 17.5. The van der Waals surface area contributed by atoms with Crippen molar-refractivity contribution in [1.29, 1.82) is 0 Å². The van der Waals surface area contributed by atoms with Gasteiger partial charge in [0.2, 0.25) is 0 Å². The summed E-state index contributed by atoms with van der Waals surface area (Å²) in [4.78, 5) is 8.35. The number of hydrogen-bond donors (Lipinski definition) is 2. The van der Waals surface area contributed by atoms with E-state index in [1.54, 1.807) is 0 Å². The molecule has 0 radical (unpaired) electrons. The molecule has 2 aromatic heterocycles. The highest BCUT2D eigenvalue weighted by molar-refractivity contribution is 7.14. The maximum absolute atomic E-state index is 4.41. The van der Waals surface area contributed by atoms with Crippen molar-refractivity contribution in [2.24, 2.45) is 10.9 Å². The summed E-state index contributed by atoms with van der Waals surface area (Å²) < 4.78 is 0. The van der Waals surface area contributed by atoms with Crippen LogP contribution in [0.1, 0.15) is 24.6 Å². The van der Waals surface area contributed by atoms with Crippen molar-refractivity contribution in [1.82, 2.24) is 10.6 Å². The van der Waals surface area contributed by atoms with Crippen LogP contribution in [-0.4, -0.2) is 38.7 Å². The molecule has 0 aromatic carbocycles. The quantitative estimate of drug-likeness (QED) is 0.595. The van der Waals surface area contributed by atoms with E-state index in [0.29, 0.717) is 12.0 Å². The molecule has 136 valence electrons. The fraction of sp³-hybridized carbons (Fsp3) is 0.526. The summed E-state index contributed by atoms with van der Waals surface area (Å²) >= 11 is 3.67.